The van der Waals surface area contributed by atoms with E-state index in [1.807, 2.05) is 24.5 Å². The second kappa shape index (κ2) is 10.6. The third kappa shape index (κ3) is 4.93. The fraction of sp³-hybridized carbons (Fsp3) is 0.370. The summed E-state index contributed by atoms with van der Waals surface area (Å²) in [4.78, 5) is 15.0. The summed E-state index contributed by atoms with van der Waals surface area (Å²) in [5.41, 5.74) is 8.24. The van der Waals surface area contributed by atoms with E-state index in [2.05, 4.69) is 39.9 Å². The second-order valence-corrected chi connectivity index (χ2v) is 9.98. The molecule has 2 aliphatic heterocycles. The van der Waals surface area contributed by atoms with Crippen LogP contribution in [0.3, 0.4) is 0 Å². The lowest BCUT2D eigenvalue weighted by Gasteiger charge is -2.31. The van der Waals surface area contributed by atoms with Crippen LogP contribution in [-0.2, 0) is 6.54 Å². The van der Waals surface area contributed by atoms with Gasteiger partial charge in [-0.2, -0.15) is 0 Å². The average Bonchev–Trinajstić information content (AvgIpc) is 3.34. The van der Waals surface area contributed by atoms with Gasteiger partial charge in [0.15, 0.2) is 34.0 Å². The zero-order valence-electron chi connectivity index (χ0n) is 20.2. The van der Waals surface area contributed by atoms with Crippen molar-refractivity contribution in [3.8, 4) is 23.0 Å². The van der Waals surface area contributed by atoms with Crippen LogP contribution in [0.2, 0.25) is 0 Å². The van der Waals surface area contributed by atoms with E-state index in [0.29, 0.717) is 40.0 Å². The Labute approximate surface area is 210 Å². The molecular formula is C27H31N5O2S. The zero-order valence-corrected chi connectivity index (χ0v) is 21.0. The summed E-state index contributed by atoms with van der Waals surface area (Å²) >= 11 is 1.43. The van der Waals surface area contributed by atoms with Gasteiger partial charge >= 0.3 is 0 Å². The van der Waals surface area contributed by atoms with E-state index in [1.54, 1.807) is 14.2 Å². The van der Waals surface area contributed by atoms with Crippen molar-refractivity contribution >= 4 is 17.6 Å². The molecule has 0 radical (unpaired) electrons. The van der Waals surface area contributed by atoms with Crippen molar-refractivity contribution in [2.75, 3.05) is 20.0 Å². The van der Waals surface area contributed by atoms with Crippen molar-refractivity contribution in [3.05, 3.63) is 60.4 Å². The summed E-state index contributed by atoms with van der Waals surface area (Å²) in [5, 5.41) is 0.605. The van der Waals surface area contributed by atoms with E-state index in [-0.39, 0.29) is 0 Å². The van der Waals surface area contributed by atoms with Crippen LogP contribution in [0, 0.1) is 5.92 Å². The maximum Gasteiger partial charge on any atom is 0.195 e. The van der Waals surface area contributed by atoms with E-state index in [0.717, 1.165) is 17.3 Å². The Morgan fingerprint density at radius 3 is 2.54 bits per heavy atom. The third-order valence-electron chi connectivity index (χ3n) is 6.88. The molecule has 5 rings (SSSR count). The maximum absolute atomic E-state index is 6.24. The molecule has 0 saturated heterocycles. The molecule has 2 N–H and O–H groups in total. The highest BCUT2D eigenvalue weighted by Gasteiger charge is 2.28. The molecule has 1 atom stereocenters. The third-order valence-corrected chi connectivity index (χ3v) is 7.79. The Balaban J connectivity index is 1.49. The number of aromatic nitrogens is 4. The first-order valence-electron chi connectivity index (χ1n) is 12.1. The summed E-state index contributed by atoms with van der Waals surface area (Å²) < 4.78 is 13.2. The predicted octanol–water partition coefficient (Wildman–Crippen LogP) is 5.89. The summed E-state index contributed by atoms with van der Waals surface area (Å²) in [7, 11) is 3.26. The summed E-state index contributed by atoms with van der Waals surface area (Å²) in [6.07, 6.45) is 8.26. The van der Waals surface area contributed by atoms with Gasteiger partial charge in [0.1, 0.15) is 0 Å². The Morgan fingerprint density at radius 2 is 1.80 bits per heavy atom. The molecule has 1 saturated carbocycles. The minimum absolute atomic E-state index is 0.390. The molecule has 0 spiro atoms. The van der Waals surface area contributed by atoms with Gasteiger partial charge in [-0.1, -0.05) is 55.7 Å². The monoisotopic (exact) mass is 489 g/mol. The van der Waals surface area contributed by atoms with Crippen LogP contribution in [-0.4, -0.2) is 33.7 Å². The molecule has 1 fully saturated rings. The van der Waals surface area contributed by atoms with Gasteiger partial charge in [-0.3, -0.25) is 0 Å². The lowest BCUT2D eigenvalue weighted by atomic mass is 9.76. The molecule has 8 heteroatoms. The van der Waals surface area contributed by atoms with Crippen molar-refractivity contribution in [2.45, 2.75) is 54.6 Å². The fourth-order valence-electron chi connectivity index (χ4n) is 5.12. The SMILES string of the molecule is COc1cccc(Sc2nc3c(N)ncn(CC(c4ccccc4)C4CCCCC4)c-3n2)c1OC. The lowest BCUT2D eigenvalue weighted by molar-refractivity contribution is 0.283. The molecule has 2 aromatic carbocycles. The van der Waals surface area contributed by atoms with Crippen molar-refractivity contribution in [2.24, 2.45) is 5.92 Å². The molecule has 1 aliphatic carbocycles. The molecule has 2 heterocycles. The van der Waals surface area contributed by atoms with E-state index < -0.39 is 0 Å². The van der Waals surface area contributed by atoms with Gasteiger partial charge in [0.05, 0.1) is 25.4 Å². The average molecular weight is 490 g/mol. The van der Waals surface area contributed by atoms with Crippen LogP contribution in [0.15, 0.2) is 64.9 Å². The number of rotatable bonds is 8. The van der Waals surface area contributed by atoms with Gasteiger partial charge < -0.3 is 19.8 Å². The quantitative estimate of drug-likeness (QED) is 0.330. The zero-order chi connectivity index (χ0) is 24.2. The number of nitrogens with two attached hydrogens (primary N) is 1. The summed E-state index contributed by atoms with van der Waals surface area (Å²) in [5.74, 6) is 3.52. The van der Waals surface area contributed by atoms with Crippen molar-refractivity contribution < 1.29 is 9.47 Å². The Hall–Kier alpha value is -3.26. The van der Waals surface area contributed by atoms with Crippen molar-refractivity contribution in [1.82, 2.24) is 19.5 Å². The molecule has 35 heavy (non-hydrogen) atoms. The highest BCUT2D eigenvalue weighted by molar-refractivity contribution is 7.99. The van der Waals surface area contributed by atoms with Gasteiger partial charge in [0.25, 0.3) is 0 Å². The molecular weight excluding hydrogens is 458 g/mol. The Morgan fingerprint density at radius 1 is 1.00 bits per heavy atom. The van der Waals surface area contributed by atoms with Crippen LogP contribution in [0.1, 0.15) is 43.6 Å². The molecule has 7 nitrogen and oxygen atoms in total. The fourth-order valence-corrected chi connectivity index (χ4v) is 6.01. The van der Waals surface area contributed by atoms with Gasteiger partial charge in [-0.15, -0.1) is 0 Å². The molecule has 3 aliphatic rings. The van der Waals surface area contributed by atoms with Crippen LogP contribution in [0.25, 0.3) is 11.5 Å². The van der Waals surface area contributed by atoms with E-state index in [1.165, 1.54) is 49.4 Å². The number of hydrogen-bond donors (Lipinski definition) is 1. The molecule has 0 amide bonds. The number of benzene rings is 2. The van der Waals surface area contributed by atoms with Crippen LogP contribution in [0.5, 0.6) is 11.5 Å². The smallest absolute Gasteiger partial charge is 0.195 e. The van der Waals surface area contributed by atoms with Crippen molar-refractivity contribution in [3.63, 3.8) is 0 Å². The van der Waals surface area contributed by atoms with E-state index in [9.17, 15) is 0 Å². The van der Waals surface area contributed by atoms with E-state index >= 15 is 0 Å². The van der Waals surface area contributed by atoms with Gasteiger partial charge in [-0.05, 0) is 48.2 Å². The normalized spacial score (nSPS) is 15.3. The predicted molar refractivity (Wildman–Crippen MR) is 138 cm³/mol. The first-order valence-corrected chi connectivity index (χ1v) is 12.9. The maximum atomic E-state index is 6.24. The first kappa shape index (κ1) is 23.5. The lowest BCUT2D eigenvalue weighted by Crippen LogP contribution is -2.22. The first-order chi connectivity index (χ1) is 17.2. The number of nitrogens with zero attached hydrogens (tertiary/aromatic N) is 4. The molecule has 0 aromatic heterocycles. The largest absolute Gasteiger partial charge is 0.493 e. The number of nitrogen functional groups attached to an aromatic ring is 1. The van der Waals surface area contributed by atoms with E-state index in [4.69, 9.17) is 25.2 Å². The summed E-state index contributed by atoms with van der Waals surface area (Å²) in [6, 6.07) is 16.6. The van der Waals surface area contributed by atoms with Crippen molar-refractivity contribution in [1.29, 1.82) is 0 Å². The minimum Gasteiger partial charge on any atom is -0.493 e. The van der Waals surface area contributed by atoms with Gasteiger partial charge in [0, 0.05) is 12.5 Å². The molecule has 182 valence electrons. The van der Waals surface area contributed by atoms with Gasteiger partial charge in [0.2, 0.25) is 0 Å². The second-order valence-electron chi connectivity index (χ2n) is 8.97. The number of fused-ring (bicyclic) bond motifs is 1. The number of imidazole rings is 1. The molecule has 2 aromatic rings. The summed E-state index contributed by atoms with van der Waals surface area (Å²) in [6.45, 7) is 0.795. The number of ether oxygens (including phenoxy) is 2. The Kier molecular flexibility index (Phi) is 7.08. The topological polar surface area (TPSA) is 88.1 Å². The Bertz CT molecular complexity index is 1240. The minimum atomic E-state index is 0.390. The number of para-hydroxylation sites is 1. The number of methoxy groups -OCH3 is 2. The number of hydrogen-bond acceptors (Lipinski definition) is 7. The standard InChI is InChI=1S/C27H31N5O2S/c1-33-21-14-9-15-22(24(21)34-2)35-27-30-23-25(28)29-17-32(26(23)31-27)16-20(18-10-5-3-6-11-18)19-12-7-4-8-13-19/h3,5-6,9-11,14-15,17,19-20H,4,7-8,12-13,16,28H2,1-2H3. The highest BCUT2D eigenvalue weighted by atomic mass is 32.2. The van der Waals surface area contributed by atoms with Crippen LogP contribution in [0.4, 0.5) is 5.82 Å². The molecule has 1 unspecified atom stereocenters. The number of anilines is 1. The molecule has 0 bridgehead atoms. The van der Waals surface area contributed by atoms with Gasteiger partial charge in [-0.25, -0.2) is 15.0 Å². The van der Waals surface area contributed by atoms with Crippen LogP contribution >= 0.6 is 11.8 Å². The van der Waals surface area contributed by atoms with Crippen LogP contribution < -0.4 is 15.2 Å². The highest BCUT2D eigenvalue weighted by Crippen LogP contribution is 2.42.